The van der Waals surface area contributed by atoms with Crippen LogP contribution in [0.25, 0.3) is 0 Å². The summed E-state index contributed by atoms with van der Waals surface area (Å²) in [4.78, 5) is 0. The van der Waals surface area contributed by atoms with Crippen molar-refractivity contribution in [2.24, 2.45) is 5.84 Å². The normalized spacial score (nSPS) is 13.5. The van der Waals surface area contributed by atoms with Crippen LogP contribution in [0.5, 0.6) is 0 Å². The van der Waals surface area contributed by atoms with E-state index in [1.807, 2.05) is 5.01 Å². The Kier molecular flexibility index (Phi) is 6.29. The summed E-state index contributed by atoms with van der Waals surface area (Å²) in [6.07, 6.45) is 0. The second kappa shape index (κ2) is 7.71. The molecule has 0 aliphatic rings. The van der Waals surface area contributed by atoms with Crippen LogP contribution in [-0.2, 0) is 21.7 Å². The summed E-state index contributed by atoms with van der Waals surface area (Å²) >= 11 is 0. The zero-order valence-electron chi connectivity index (χ0n) is 21.5. The zero-order valence-corrected chi connectivity index (χ0v) is 21.5. The number of benzene rings is 2. The van der Waals surface area contributed by atoms with Crippen LogP contribution in [0.1, 0.15) is 105 Å². The van der Waals surface area contributed by atoms with E-state index in [0.29, 0.717) is 0 Å². The van der Waals surface area contributed by atoms with Crippen LogP contribution in [0.15, 0.2) is 36.4 Å². The van der Waals surface area contributed by atoms with Gasteiger partial charge in [-0.3, -0.25) is 5.01 Å². The average molecular weight is 409 g/mol. The van der Waals surface area contributed by atoms with E-state index in [1.54, 1.807) is 0 Å². The Morgan fingerprint density at radius 3 is 0.800 bits per heavy atom. The van der Waals surface area contributed by atoms with Gasteiger partial charge in [0.05, 0.1) is 11.4 Å². The van der Waals surface area contributed by atoms with Crippen molar-refractivity contribution in [3.05, 3.63) is 58.7 Å². The minimum absolute atomic E-state index is 0.0562. The van der Waals surface area contributed by atoms with E-state index in [9.17, 15) is 0 Å². The van der Waals surface area contributed by atoms with Gasteiger partial charge in [-0.05, 0) is 68.2 Å². The van der Waals surface area contributed by atoms with Crippen LogP contribution >= 0.6 is 0 Å². The van der Waals surface area contributed by atoms with Crippen LogP contribution in [-0.4, -0.2) is 0 Å². The summed E-state index contributed by atoms with van der Waals surface area (Å²) in [5.41, 5.74) is 7.54. The fraction of sp³-hybridized carbons (Fsp3) is 0.571. The minimum atomic E-state index is 0.0562. The standard InChI is InChI=1S/C28H44N2/c1-25(2,3)19-13-20(26(4,5)6)16-23(15-19)30(29)24-17-21(27(7,8)9)14-22(18-24)28(10,11)12/h13-18H,29H2,1-12H3. The van der Waals surface area contributed by atoms with E-state index in [1.165, 1.54) is 22.3 Å². The van der Waals surface area contributed by atoms with Gasteiger partial charge in [-0.15, -0.1) is 0 Å². The first kappa shape index (κ1) is 24.5. The van der Waals surface area contributed by atoms with Crippen LogP contribution in [0.3, 0.4) is 0 Å². The Morgan fingerprint density at radius 2 is 0.633 bits per heavy atom. The van der Waals surface area contributed by atoms with Crippen molar-refractivity contribution in [1.82, 2.24) is 0 Å². The molecule has 2 rings (SSSR count). The quantitative estimate of drug-likeness (QED) is 0.404. The Bertz CT molecular complexity index is 754. The Balaban J connectivity index is 2.72. The largest absolute Gasteiger partial charge is 0.280 e. The number of nitrogens with zero attached hydrogens (tertiary/aromatic N) is 1. The number of anilines is 2. The van der Waals surface area contributed by atoms with Crippen molar-refractivity contribution in [2.75, 3.05) is 5.01 Å². The Morgan fingerprint density at radius 1 is 0.433 bits per heavy atom. The van der Waals surface area contributed by atoms with Crippen LogP contribution in [0.4, 0.5) is 11.4 Å². The SMILES string of the molecule is CC(C)(C)c1cc(N(N)c2cc(C(C)(C)C)cc(C(C)(C)C)c2)cc(C(C)(C)C)c1. The van der Waals surface area contributed by atoms with Gasteiger partial charge in [0.2, 0.25) is 0 Å². The van der Waals surface area contributed by atoms with Crippen LogP contribution < -0.4 is 10.9 Å². The van der Waals surface area contributed by atoms with E-state index in [2.05, 4.69) is 119 Å². The van der Waals surface area contributed by atoms with E-state index < -0.39 is 0 Å². The van der Waals surface area contributed by atoms with Crippen molar-refractivity contribution in [2.45, 2.75) is 105 Å². The Hall–Kier alpha value is -1.80. The molecule has 166 valence electrons. The molecule has 0 unspecified atom stereocenters. The van der Waals surface area contributed by atoms with Gasteiger partial charge < -0.3 is 0 Å². The van der Waals surface area contributed by atoms with E-state index in [-0.39, 0.29) is 21.7 Å². The highest BCUT2D eigenvalue weighted by molar-refractivity contribution is 5.66. The lowest BCUT2D eigenvalue weighted by molar-refractivity contribution is 0.568. The van der Waals surface area contributed by atoms with E-state index in [0.717, 1.165) is 11.4 Å². The maximum Gasteiger partial charge on any atom is 0.0581 e. The molecular formula is C28H44N2. The maximum absolute atomic E-state index is 6.80. The minimum Gasteiger partial charge on any atom is -0.280 e. The highest BCUT2D eigenvalue weighted by Gasteiger charge is 2.24. The molecule has 0 saturated carbocycles. The van der Waals surface area contributed by atoms with Gasteiger partial charge >= 0.3 is 0 Å². The third kappa shape index (κ3) is 5.66. The van der Waals surface area contributed by atoms with Gasteiger partial charge in [0.25, 0.3) is 0 Å². The fourth-order valence-corrected chi connectivity index (χ4v) is 3.38. The highest BCUT2D eigenvalue weighted by Crippen LogP contribution is 2.37. The third-order valence-corrected chi connectivity index (χ3v) is 5.86. The van der Waals surface area contributed by atoms with Crippen LogP contribution in [0.2, 0.25) is 0 Å². The molecule has 2 aromatic carbocycles. The highest BCUT2D eigenvalue weighted by atomic mass is 15.4. The lowest BCUT2D eigenvalue weighted by Crippen LogP contribution is -2.28. The molecule has 0 aromatic heterocycles. The first-order valence-corrected chi connectivity index (χ1v) is 11.2. The third-order valence-electron chi connectivity index (χ3n) is 5.86. The zero-order chi connectivity index (χ0) is 23.3. The number of rotatable bonds is 2. The molecule has 0 aliphatic heterocycles. The summed E-state index contributed by atoms with van der Waals surface area (Å²) in [6, 6.07) is 13.7. The van der Waals surface area contributed by atoms with E-state index >= 15 is 0 Å². The molecule has 2 N–H and O–H groups in total. The molecule has 0 amide bonds. The summed E-state index contributed by atoms with van der Waals surface area (Å²) in [5, 5.41) is 1.87. The summed E-state index contributed by atoms with van der Waals surface area (Å²) in [6.45, 7) is 27.1. The lowest BCUT2D eigenvalue weighted by atomic mass is 9.79. The molecule has 0 aliphatic carbocycles. The number of hydrogen-bond acceptors (Lipinski definition) is 2. The van der Waals surface area contributed by atoms with Gasteiger partial charge in [-0.2, -0.15) is 0 Å². The van der Waals surface area contributed by atoms with Crippen molar-refractivity contribution in [3.63, 3.8) is 0 Å². The molecule has 30 heavy (non-hydrogen) atoms. The van der Waals surface area contributed by atoms with Gasteiger partial charge in [-0.1, -0.05) is 95.2 Å². The molecule has 2 heteroatoms. The predicted molar refractivity (Wildman–Crippen MR) is 134 cm³/mol. The summed E-state index contributed by atoms with van der Waals surface area (Å²) < 4.78 is 0. The Labute approximate surface area is 185 Å². The second-order valence-corrected chi connectivity index (χ2v) is 12.9. The molecule has 0 saturated heterocycles. The molecule has 0 atom stereocenters. The number of nitrogens with two attached hydrogens (primary N) is 1. The van der Waals surface area contributed by atoms with Crippen molar-refractivity contribution < 1.29 is 0 Å². The summed E-state index contributed by atoms with van der Waals surface area (Å²) in [5.74, 6) is 6.80. The number of hydrazine groups is 1. The fourth-order valence-electron chi connectivity index (χ4n) is 3.38. The molecule has 2 aromatic rings. The van der Waals surface area contributed by atoms with Gasteiger partial charge in [0, 0.05) is 0 Å². The average Bonchev–Trinajstić information content (AvgIpc) is 2.57. The monoisotopic (exact) mass is 408 g/mol. The second-order valence-electron chi connectivity index (χ2n) is 12.9. The van der Waals surface area contributed by atoms with Crippen molar-refractivity contribution in [1.29, 1.82) is 0 Å². The predicted octanol–water partition coefficient (Wildman–Crippen LogP) is 7.89. The van der Waals surface area contributed by atoms with Crippen molar-refractivity contribution in [3.8, 4) is 0 Å². The molecule has 0 fully saturated rings. The first-order valence-electron chi connectivity index (χ1n) is 11.2. The molecule has 0 spiro atoms. The van der Waals surface area contributed by atoms with Gasteiger partial charge in [0.15, 0.2) is 0 Å². The van der Waals surface area contributed by atoms with Crippen molar-refractivity contribution >= 4 is 11.4 Å². The first-order chi connectivity index (χ1) is 13.3. The maximum atomic E-state index is 6.80. The molecule has 0 bridgehead atoms. The smallest absolute Gasteiger partial charge is 0.0581 e. The molecule has 0 heterocycles. The van der Waals surface area contributed by atoms with E-state index in [4.69, 9.17) is 5.84 Å². The van der Waals surface area contributed by atoms with Gasteiger partial charge in [-0.25, -0.2) is 5.84 Å². The number of hydrogen-bond donors (Lipinski definition) is 1. The molecule has 2 nitrogen and oxygen atoms in total. The topological polar surface area (TPSA) is 29.3 Å². The van der Waals surface area contributed by atoms with Gasteiger partial charge in [0.1, 0.15) is 0 Å². The lowest BCUT2D eigenvalue weighted by Gasteiger charge is -2.31. The van der Waals surface area contributed by atoms with Crippen LogP contribution in [0, 0.1) is 0 Å². The molecular weight excluding hydrogens is 364 g/mol. The summed E-state index contributed by atoms with van der Waals surface area (Å²) in [7, 11) is 0. The molecule has 0 radical (unpaired) electrons.